The van der Waals surface area contributed by atoms with Gasteiger partial charge in [-0.15, -0.1) is 12.4 Å². The van der Waals surface area contributed by atoms with Crippen LogP contribution in [0.1, 0.15) is 56.0 Å². The van der Waals surface area contributed by atoms with E-state index in [0.717, 1.165) is 19.3 Å². The van der Waals surface area contributed by atoms with Crippen LogP contribution in [0.4, 0.5) is 0 Å². The van der Waals surface area contributed by atoms with Crippen molar-refractivity contribution >= 4 is 12.4 Å². The molecule has 0 atom stereocenters. The Morgan fingerprint density at radius 1 is 1.24 bits per heavy atom. The highest BCUT2D eigenvalue weighted by atomic mass is 35.5. The fraction of sp³-hybridized carbons (Fsp3) is 0.500. The maximum absolute atomic E-state index is 6.26. The molecular formula is C16H22ClN3O. The first-order chi connectivity index (χ1) is 9.43. The van der Waals surface area contributed by atoms with E-state index < -0.39 is 0 Å². The van der Waals surface area contributed by atoms with Gasteiger partial charge < -0.3 is 10.3 Å². The molecule has 1 aromatic heterocycles. The lowest BCUT2D eigenvalue weighted by molar-refractivity contribution is 0.228. The van der Waals surface area contributed by atoms with Crippen molar-refractivity contribution in [3.8, 4) is 0 Å². The summed E-state index contributed by atoms with van der Waals surface area (Å²) in [6.45, 7) is 6.32. The van der Waals surface area contributed by atoms with Crippen LogP contribution >= 0.6 is 12.4 Å². The van der Waals surface area contributed by atoms with E-state index >= 15 is 0 Å². The molecule has 1 aliphatic rings. The number of halogens is 1. The lowest BCUT2D eigenvalue weighted by Crippen LogP contribution is -2.44. The minimum atomic E-state index is -0.371. The van der Waals surface area contributed by atoms with E-state index in [0.29, 0.717) is 11.7 Å². The second-order valence-electron chi connectivity index (χ2n) is 6.37. The molecule has 0 spiro atoms. The Morgan fingerprint density at radius 2 is 1.90 bits per heavy atom. The molecule has 4 nitrogen and oxygen atoms in total. The Balaban J connectivity index is 0.00000161. The molecule has 1 aromatic carbocycles. The van der Waals surface area contributed by atoms with Gasteiger partial charge in [-0.3, -0.25) is 0 Å². The molecule has 0 aliphatic heterocycles. The van der Waals surface area contributed by atoms with Crippen molar-refractivity contribution in [3.05, 3.63) is 47.1 Å². The van der Waals surface area contributed by atoms with Crippen LogP contribution in [0.15, 0.2) is 28.8 Å². The van der Waals surface area contributed by atoms with Gasteiger partial charge in [-0.05, 0) is 51.2 Å². The van der Waals surface area contributed by atoms with E-state index in [-0.39, 0.29) is 23.4 Å². The maximum Gasteiger partial charge on any atom is 0.236 e. The lowest BCUT2D eigenvalue weighted by atomic mass is 9.77. The van der Waals surface area contributed by atoms with Crippen LogP contribution < -0.4 is 5.73 Å². The fourth-order valence-electron chi connectivity index (χ4n) is 2.85. The van der Waals surface area contributed by atoms with Crippen LogP contribution in [0.3, 0.4) is 0 Å². The van der Waals surface area contributed by atoms with E-state index in [1.165, 1.54) is 11.1 Å². The molecule has 2 aromatic rings. The highest BCUT2D eigenvalue weighted by molar-refractivity contribution is 5.85. The average molecular weight is 308 g/mol. The SMILES string of the molecule is Cc1ccccc1C(C)(C)c1nc(C2(N)CCC2)no1.Cl. The van der Waals surface area contributed by atoms with Gasteiger partial charge in [0.2, 0.25) is 5.89 Å². The minimum Gasteiger partial charge on any atom is -0.338 e. The molecule has 1 saturated carbocycles. The topological polar surface area (TPSA) is 64.9 Å². The van der Waals surface area contributed by atoms with Crippen molar-refractivity contribution in [1.29, 1.82) is 0 Å². The van der Waals surface area contributed by atoms with Crippen LogP contribution in [0.2, 0.25) is 0 Å². The number of hydrogen-bond donors (Lipinski definition) is 1. The van der Waals surface area contributed by atoms with Crippen molar-refractivity contribution in [2.45, 2.75) is 51.0 Å². The molecule has 1 fully saturated rings. The first-order valence-electron chi connectivity index (χ1n) is 7.13. The monoisotopic (exact) mass is 307 g/mol. The third-order valence-corrected chi connectivity index (χ3v) is 4.47. The molecule has 3 rings (SSSR count). The molecule has 0 bridgehead atoms. The van der Waals surface area contributed by atoms with Gasteiger partial charge >= 0.3 is 0 Å². The molecule has 0 amide bonds. The first kappa shape index (κ1) is 16.0. The summed E-state index contributed by atoms with van der Waals surface area (Å²) in [5, 5.41) is 4.12. The fourth-order valence-corrected chi connectivity index (χ4v) is 2.85. The lowest BCUT2D eigenvalue weighted by Gasteiger charge is -2.34. The summed E-state index contributed by atoms with van der Waals surface area (Å²) >= 11 is 0. The Morgan fingerprint density at radius 3 is 2.48 bits per heavy atom. The summed E-state index contributed by atoms with van der Waals surface area (Å²) in [5.41, 5.74) is 8.01. The zero-order valence-corrected chi connectivity index (χ0v) is 13.5. The predicted molar refractivity (Wildman–Crippen MR) is 84.6 cm³/mol. The summed E-state index contributed by atoms with van der Waals surface area (Å²) in [4.78, 5) is 4.59. The normalized spacial score (nSPS) is 17.0. The van der Waals surface area contributed by atoms with Gasteiger partial charge in [0, 0.05) is 0 Å². The Hall–Kier alpha value is -1.39. The molecule has 1 aliphatic carbocycles. The number of nitrogens with two attached hydrogens (primary N) is 1. The number of hydrogen-bond acceptors (Lipinski definition) is 4. The van der Waals surface area contributed by atoms with Crippen LogP contribution in [-0.4, -0.2) is 10.1 Å². The van der Waals surface area contributed by atoms with Crippen molar-refractivity contribution in [2.24, 2.45) is 5.73 Å². The second kappa shape index (κ2) is 5.43. The number of rotatable bonds is 3. The van der Waals surface area contributed by atoms with Crippen molar-refractivity contribution in [3.63, 3.8) is 0 Å². The molecule has 5 heteroatoms. The summed E-state index contributed by atoms with van der Waals surface area (Å²) in [7, 11) is 0. The van der Waals surface area contributed by atoms with Crippen molar-refractivity contribution in [1.82, 2.24) is 10.1 Å². The van der Waals surface area contributed by atoms with E-state index in [1.54, 1.807) is 0 Å². The van der Waals surface area contributed by atoms with Crippen molar-refractivity contribution in [2.75, 3.05) is 0 Å². The molecular weight excluding hydrogens is 286 g/mol. The predicted octanol–water partition coefficient (Wildman–Crippen LogP) is 3.46. The third kappa shape index (κ3) is 2.58. The molecule has 2 N–H and O–H groups in total. The number of aryl methyl sites for hydroxylation is 1. The summed E-state index contributed by atoms with van der Waals surface area (Å²) in [5.74, 6) is 1.29. The average Bonchev–Trinajstić information content (AvgIpc) is 2.87. The highest BCUT2D eigenvalue weighted by Gasteiger charge is 2.41. The number of aromatic nitrogens is 2. The van der Waals surface area contributed by atoms with Gasteiger partial charge in [-0.1, -0.05) is 29.4 Å². The minimum absolute atomic E-state index is 0. The standard InChI is InChI=1S/C16H21N3O.ClH/c1-11-7-4-5-8-12(11)15(2,3)14-18-13(19-20-14)16(17)9-6-10-16;/h4-5,7-8H,6,9-10,17H2,1-3H3;1H. The van der Waals surface area contributed by atoms with Crippen molar-refractivity contribution < 1.29 is 4.52 Å². The molecule has 0 unspecified atom stereocenters. The van der Waals surface area contributed by atoms with Gasteiger partial charge in [-0.2, -0.15) is 4.98 Å². The quantitative estimate of drug-likeness (QED) is 0.943. The van der Waals surface area contributed by atoms with Gasteiger partial charge in [0.25, 0.3) is 0 Å². The van der Waals surface area contributed by atoms with E-state index in [4.69, 9.17) is 10.3 Å². The first-order valence-corrected chi connectivity index (χ1v) is 7.13. The summed E-state index contributed by atoms with van der Waals surface area (Å²) in [6.07, 6.45) is 3.02. The molecule has 21 heavy (non-hydrogen) atoms. The van der Waals surface area contributed by atoms with Gasteiger partial charge in [0.15, 0.2) is 5.82 Å². The third-order valence-electron chi connectivity index (χ3n) is 4.47. The van der Waals surface area contributed by atoms with E-state index in [2.05, 4.69) is 43.0 Å². The zero-order chi connectivity index (χ0) is 14.4. The Labute approximate surface area is 131 Å². The highest BCUT2D eigenvalue weighted by Crippen LogP contribution is 2.39. The van der Waals surface area contributed by atoms with Gasteiger partial charge in [0.1, 0.15) is 0 Å². The zero-order valence-electron chi connectivity index (χ0n) is 12.7. The number of benzene rings is 1. The summed E-state index contributed by atoms with van der Waals surface area (Å²) in [6, 6.07) is 8.29. The van der Waals surface area contributed by atoms with E-state index in [1.807, 2.05) is 12.1 Å². The Bertz CT molecular complexity index is 632. The Kier molecular flexibility index (Phi) is 4.13. The van der Waals surface area contributed by atoms with Gasteiger partial charge in [-0.25, -0.2) is 0 Å². The molecule has 1 heterocycles. The maximum atomic E-state index is 6.26. The van der Waals surface area contributed by atoms with E-state index in [9.17, 15) is 0 Å². The van der Waals surface area contributed by atoms with Crippen LogP contribution in [-0.2, 0) is 11.0 Å². The van der Waals surface area contributed by atoms with Crippen LogP contribution in [0.25, 0.3) is 0 Å². The largest absolute Gasteiger partial charge is 0.338 e. The van der Waals surface area contributed by atoms with Crippen LogP contribution in [0, 0.1) is 6.92 Å². The number of nitrogens with zero attached hydrogens (tertiary/aromatic N) is 2. The molecule has 0 saturated heterocycles. The van der Waals surface area contributed by atoms with Gasteiger partial charge in [0.05, 0.1) is 11.0 Å². The smallest absolute Gasteiger partial charge is 0.236 e. The molecule has 0 radical (unpaired) electrons. The molecule has 114 valence electrons. The summed E-state index contributed by atoms with van der Waals surface area (Å²) < 4.78 is 5.52. The van der Waals surface area contributed by atoms with Crippen LogP contribution in [0.5, 0.6) is 0 Å². The second-order valence-corrected chi connectivity index (χ2v) is 6.37.